The fraction of sp³-hybridized carbons (Fsp3) is 0.562. The van der Waals surface area contributed by atoms with E-state index < -0.39 is 0 Å². The summed E-state index contributed by atoms with van der Waals surface area (Å²) < 4.78 is 0. The Bertz CT molecular complexity index is 563. The molecule has 1 saturated heterocycles. The maximum absolute atomic E-state index is 6.21. The summed E-state index contributed by atoms with van der Waals surface area (Å²) in [5, 5.41) is 0. The summed E-state index contributed by atoms with van der Waals surface area (Å²) >= 11 is 0. The molecule has 1 spiro atoms. The van der Waals surface area contributed by atoms with Gasteiger partial charge in [-0.1, -0.05) is 12.1 Å². The van der Waals surface area contributed by atoms with Crippen molar-refractivity contribution in [1.29, 1.82) is 0 Å². The van der Waals surface area contributed by atoms with E-state index in [4.69, 9.17) is 5.73 Å². The second-order valence-electron chi connectivity index (χ2n) is 6.52. The average molecular weight is 270 g/mol. The van der Waals surface area contributed by atoms with E-state index >= 15 is 0 Å². The highest BCUT2D eigenvalue weighted by Crippen LogP contribution is 2.40. The van der Waals surface area contributed by atoms with Crippen LogP contribution in [0.3, 0.4) is 0 Å². The van der Waals surface area contributed by atoms with E-state index in [1.165, 1.54) is 37.1 Å². The largest absolute Gasteiger partial charge is 0.369 e. The van der Waals surface area contributed by atoms with Crippen LogP contribution in [0.5, 0.6) is 0 Å². The lowest BCUT2D eigenvalue weighted by atomic mass is 9.96. The van der Waals surface area contributed by atoms with Crippen LogP contribution in [0.15, 0.2) is 29.3 Å². The number of hydrogen-bond donors (Lipinski definition) is 1. The number of anilines is 1. The highest BCUT2D eigenvalue weighted by atomic mass is 15.4. The lowest BCUT2D eigenvalue weighted by molar-refractivity contribution is 0.306. The first-order valence-corrected chi connectivity index (χ1v) is 7.59. The first-order chi connectivity index (χ1) is 9.68. The molecule has 4 rings (SSSR count). The molecule has 0 bridgehead atoms. The molecule has 106 valence electrons. The van der Waals surface area contributed by atoms with Crippen LogP contribution in [-0.4, -0.2) is 42.1 Å². The molecule has 2 aliphatic heterocycles. The lowest BCUT2D eigenvalue weighted by Crippen LogP contribution is -2.53. The van der Waals surface area contributed by atoms with Crippen molar-refractivity contribution in [2.24, 2.45) is 10.7 Å². The summed E-state index contributed by atoms with van der Waals surface area (Å²) in [6, 6.07) is 9.44. The Morgan fingerprint density at radius 3 is 2.95 bits per heavy atom. The van der Waals surface area contributed by atoms with Crippen molar-refractivity contribution in [3.05, 3.63) is 29.8 Å². The maximum atomic E-state index is 6.21. The molecule has 1 atom stereocenters. The summed E-state index contributed by atoms with van der Waals surface area (Å²) in [6.45, 7) is 5.27. The Morgan fingerprint density at radius 2 is 2.20 bits per heavy atom. The molecular weight excluding hydrogens is 248 g/mol. The number of guanidine groups is 1. The summed E-state index contributed by atoms with van der Waals surface area (Å²) in [5.74, 6) is 0.688. The number of rotatable bonds is 2. The van der Waals surface area contributed by atoms with Gasteiger partial charge in [0.25, 0.3) is 0 Å². The van der Waals surface area contributed by atoms with Gasteiger partial charge in [-0.05, 0) is 43.9 Å². The van der Waals surface area contributed by atoms with E-state index in [1.807, 2.05) is 0 Å². The van der Waals surface area contributed by atoms with Crippen molar-refractivity contribution in [2.45, 2.75) is 37.8 Å². The molecule has 2 fully saturated rings. The standard InChI is InChI=1S/C16H22N4/c1-12-3-2-4-14(9-12)20-15(17)18-10-16(20)7-8-19(11-16)13-5-6-13/h2-4,9,13H,5-8,10-11H2,1H3,(H2,17,18). The Labute approximate surface area is 120 Å². The van der Waals surface area contributed by atoms with Gasteiger partial charge in [0.1, 0.15) is 0 Å². The summed E-state index contributed by atoms with van der Waals surface area (Å²) in [6.07, 6.45) is 3.91. The van der Waals surface area contributed by atoms with Crippen LogP contribution in [0.1, 0.15) is 24.8 Å². The second-order valence-corrected chi connectivity index (χ2v) is 6.52. The highest BCUT2D eigenvalue weighted by Gasteiger charge is 2.50. The monoisotopic (exact) mass is 270 g/mol. The van der Waals surface area contributed by atoms with Gasteiger partial charge in [0, 0.05) is 24.8 Å². The Balaban J connectivity index is 1.66. The van der Waals surface area contributed by atoms with Crippen molar-refractivity contribution < 1.29 is 0 Å². The molecule has 4 heteroatoms. The highest BCUT2D eigenvalue weighted by molar-refractivity contribution is 5.98. The number of benzene rings is 1. The van der Waals surface area contributed by atoms with Crippen LogP contribution in [0, 0.1) is 6.92 Å². The van der Waals surface area contributed by atoms with Crippen LogP contribution >= 0.6 is 0 Å². The van der Waals surface area contributed by atoms with E-state index in [9.17, 15) is 0 Å². The summed E-state index contributed by atoms with van der Waals surface area (Å²) in [7, 11) is 0. The molecule has 1 aromatic carbocycles. The van der Waals surface area contributed by atoms with Crippen molar-refractivity contribution in [3.8, 4) is 0 Å². The minimum Gasteiger partial charge on any atom is -0.369 e. The van der Waals surface area contributed by atoms with Crippen LogP contribution in [0.25, 0.3) is 0 Å². The molecule has 20 heavy (non-hydrogen) atoms. The molecule has 4 nitrogen and oxygen atoms in total. The zero-order chi connectivity index (χ0) is 13.7. The number of nitrogens with zero attached hydrogens (tertiary/aromatic N) is 3. The van der Waals surface area contributed by atoms with Crippen molar-refractivity contribution >= 4 is 11.6 Å². The van der Waals surface area contributed by atoms with Gasteiger partial charge in [0.15, 0.2) is 5.96 Å². The van der Waals surface area contributed by atoms with E-state index in [0.29, 0.717) is 5.96 Å². The van der Waals surface area contributed by atoms with Gasteiger partial charge < -0.3 is 10.6 Å². The minimum absolute atomic E-state index is 0.0977. The molecular formula is C16H22N4. The van der Waals surface area contributed by atoms with Gasteiger partial charge in [0.2, 0.25) is 0 Å². The van der Waals surface area contributed by atoms with Gasteiger partial charge in [-0.15, -0.1) is 0 Å². The fourth-order valence-electron chi connectivity index (χ4n) is 3.74. The fourth-order valence-corrected chi connectivity index (χ4v) is 3.74. The Kier molecular flexibility index (Phi) is 2.58. The second kappa shape index (κ2) is 4.22. The van der Waals surface area contributed by atoms with Crippen LogP contribution in [-0.2, 0) is 0 Å². The zero-order valence-corrected chi connectivity index (χ0v) is 12.0. The van der Waals surface area contributed by atoms with Crippen molar-refractivity contribution in [3.63, 3.8) is 0 Å². The van der Waals surface area contributed by atoms with Crippen molar-refractivity contribution in [1.82, 2.24) is 4.90 Å². The van der Waals surface area contributed by atoms with E-state index in [1.54, 1.807) is 0 Å². The molecule has 3 aliphatic rings. The molecule has 0 radical (unpaired) electrons. The average Bonchev–Trinajstić information content (AvgIpc) is 3.12. The minimum atomic E-state index is 0.0977. The molecule has 0 aromatic heterocycles. The van der Waals surface area contributed by atoms with Gasteiger partial charge in [-0.3, -0.25) is 9.89 Å². The van der Waals surface area contributed by atoms with Gasteiger partial charge in [-0.25, -0.2) is 0 Å². The van der Waals surface area contributed by atoms with Gasteiger partial charge in [0.05, 0.1) is 12.1 Å². The third kappa shape index (κ3) is 1.82. The number of aliphatic imine (C=N–C) groups is 1. The topological polar surface area (TPSA) is 44.9 Å². The molecule has 1 aliphatic carbocycles. The maximum Gasteiger partial charge on any atom is 0.196 e. The normalized spacial score (nSPS) is 30.2. The predicted molar refractivity (Wildman–Crippen MR) is 82.1 cm³/mol. The molecule has 2 heterocycles. The SMILES string of the molecule is Cc1cccc(N2C(N)=NCC23CCN(C2CC2)C3)c1. The predicted octanol–water partition coefficient (Wildman–Crippen LogP) is 1.74. The molecule has 2 N–H and O–H groups in total. The third-order valence-corrected chi connectivity index (χ3v) is 4.92. The number of aryl methyl sites for hydroxylation is 1. The van der Waals surface area contributed by atoms with Crippen LogP contribution in [0.4, 0.5) is 5.69 Å². The summed E-state index contributed by atoms with van der Waals surface area (Å²) in [4.78, 5) is 9.50. The molecule has 1 saturated carbocycles. The van der Waals surface area contributed by atoms with Gasteiger partial charge >= 0.3 is 0 Å². The van der Waals surface area contributed by atoms with Crippen molar-refractivity contribution in [2.75, 3.05) is 24.5 Å². The molecule has 1 unspecified atom stereocenters. The van der Waals surface area contributed by atoms with Crippen LogP contribution < -0.4 is 10.6 Å². The van der Waals surface area contributed by atoms with E-state index in [2.05, 4.69) is 46.0 Å². The Morgan fingerprint density at radius 1 is 1.35 bits per heavy atom. The molecule has 1 aromatic rings. The van der Waals surface area contributed by atoms with Crippen LogP contribution in [0.2, 0.25) is 0 Å². The van der Waals surface area contributed by atoms with E-state index in [0.717, 1.165) is 19.1 Å². The lowest BCUT2D eigenvalue weighted by Gasteiger charge is -2.36. The first-order valence-electron chi connectivity index (χ1n) is 7.59. The third-order valence-electron chi connectivity index (χ3n) is 4.92. The molecule has 0 amide bonds. The quantitative estimate of drug-likeness (QED) is 0.890. The van der Waals surface area contributed by atoms with E-state index in [-0.39, 0.29) is 5.54 Å². The Hall–Kier alpha value is -1.55. The number of nitrogens with two attached hydrogens (primary N) is 1. The zero-order valence-electron chi connectivity index (χ0n) is 12.0. The number of likely N-dealkylation sites (tertiary alicyclic amines) is 1. The van der Waals surface area contributed by atoms with Gasteiger partial charge in [-0.2, -0.15) is 0 Å². The first kappa shape index (κ1) is 12.2. The number of hydrogen-bond acceptors (Lipinski definition) is 4. The summed E-state index contributed by atoms with van der Waals surface area (Å²) in [5.41, 5.74) is 8.78. The smallest absolute Gasteiger partial charge is 0.196 e.